The maximum absolute atomic E-state index is 12.3. The standard InChI is InChI=1S/C21H20O5/c1-15(2)21(24)25-14-6-9-19(22)26-18-12-10-17(11-13-18)20(23)16-7-4-3-5-8-16/h3-5,7-8,10-13H,1,6,9,14H2,2H3. The number of esters is 2. The highest BCUT2D eigenvalue weighted by Gasteiger charge is 2.10. The van der Waals surface area contributed by atoms with Crippen LogP contribution < -0.4 is 4.74 Å². The fourth-order valence-electron chi connectivity index (χ4n) is 2.12. The van der Waals surface area contributed by atoms with Crippen LogP contribution in [0.5, 0.6) is 5.75 Å². The van der Waals surface area contributed by atoms with Crippen LogP contribution in [-0.4, -0.2) is 24.3 Å². The number of carbonyl (C=O) groups is 3. The van der Waals surface area contributed by atoms with Gasteiger partial charge in [-0.15, -0.1) is 0 Å². The van der Waals surface area contributed by atoms with Gasteiger partial charge in [0.2, 0.25) is 0 Å². The molecule has 26 heavy (non-hydrogen) atoms. The van der Waals surface area contributed by atoms with Crippen LogP contribution in [0, 0.1) is 0 Å². The van der Waals surface area contributed by atoms with Gasteiger partial charge in [0.15, 0.2) is 5.78 Å². The summed E-state index contributed by atoms with van der Waals surface area (Å²) in [6.45, 7) is 5.16. The van der Waals surface area contributed by atoms with Crippen molar-refractivity contribution in [3.05, 3.63) is 77.9 Å². The van der Waals surface area contributed by atoms with Crippen LogP contribution in [0.1, 0.15) is 35.7 Å². The van der Waals surface area contributed by atoms with E-state index in [0.29, 0.717) is 28.9 Å². The van der Waals surface area contributed by atoms with E-state index < -0.39 is 11.9 Å². The number of benzene rings is 2. The predicted molar refractivity (Wildman–Crippen MR) is 97.0 cm³/mol. The van der Waals surface area contributed by atoms with Crippen LogP contribution in [-0.2, 0) is 14.3 Å². The van der Waals surface area contributed by atoms with Gasteiger partial charge >= 0.3 is 11.9 Å². The van der Waals surface area contributed by atoms with Crippen molar-refractivity contribution in [1.29, 1.82) is 0 Å². The molecule has 0 spiro atoms. The molecule has 5 heteroatoms. The van der Waals surface area contributed by atoms with Gasteiger partial charge in [0.25, 0.3) is 0 Å². The largest absolute Gasteiger partial charge is 0.462 e. The molecule has 0 saturated heterocycles. The number of ether oxygens (including phenoxy) is 2. The monoisotopic (exact) mass is 352 g/mol. The smallest absolute Gasteiger partial charge is 0.333 e. The Kier molecular flexibility index (Phi) is 6.85. The Morgan fingerprint density at radius 1 is 0.923 bits per heavy atom. The first-order valence-electron chi connectivity index (χ1n) is 8.20. The minimum atomic E-state index is -0.475. The summed E-state index contributed by atoms with van der Waals surface area (Å²) >= 11 is 0. The van der Waals surface area contributed by atoms with Crippen molar-refractivity contribution in [2.75, 3.05) is 6.61 Å². The summed E-state index contributed by atoms with van der Waals surface area (Å²) in [5, 5.41) is 0. The molecule has 0 bridgehead atoms. The SMILES string of the molecule is C=C(C)C(=O)OCCCC(=O)Oc1ccc(C(=O)c2ccccc2)cc1. The summed E-state index contributed by atoms with van der Waals surface area (Å²) in [6, 6.07) is 15.3. The van der Waals surface area contributed by atoms with Crippen molar-refractivity contribution in [3.63, 3.8) is 0 Å². The van der Waals surface area contributed by atoms with Crippen molar-refractivity contribution in [2.45, 2.75) is 19.8 Å². The normalized spacial score (nSPS) is 10.0. The van der Waals surface area contributed by atoms with Gasteiger partial charge in [-0.25, -0.2) is 4.79 Å². The van der Waals surface area contributed by atoms with Crippen molar-refractivity contribution in [1.82, 2.24) is 0 Å². The van der Waals surface area contributed by atoms with Gasteiger partial charge in [-0.3, -0.25) is 9.59 Å². The molecule has 0 atom stereocenters. The Bertz CT molecular complexity index is 791. The number of hydrogen-bond donors (Lipinski definition) is 0. The molecule has 0 N–H and O–H groups in total. The molecule has 0 aliphatic carbocycles. The van der Waals surface area contributed by atoms with Gasteiger partial charge in [0.05, 0.1) is 6.61 Å². The Hall–Kier alpha value is -3.21. The Morgan fingerprint density at radius 2 is 1.54 bits per heavy atom. The van der Waals surface area contributed by atoms with Gasteiger partial charge in [0, 0.05) is 23.1 Å². The lowest BCUT2D eigenvalue weighted by Gasteiger charge is -2.06. The topological polar surface area (TPSA) is 69.7 Å². The molecule has 2 aromatic rings. The highest BCUT2D eigenvalue weighted by atomic mass is 16.5. The first-order chi connectivity index (χ1) is 12.5. The van der Waals surface area contributed by atoms with E-state index in [1.54, 1.807) is 55.5 Å². The number of carbonyl (C=O) groups excluding carboxylic acids is 3. The zero-order valence-electron chi connectivity index (χ0n) is 14.6. The third kappa shape index (κ3) is 5.70. The zero-order chi connectivity index (χ0) is 18.9. The lowest BCUT2D eigenvalue weighted by atomic mass is 10.0. The highest BCUT2D eigenvalue weighted by Crippen LogP contribution is 2.16. The van der Waals surface area contributed by atoms with Gasteiger partial charge in [-0.05, 0) is 37.6 Å². The van der Waals surface area contributed by atoms with Gasteiger partial charge < -0.3 is 9.47 Å². The fourth-order valence-corrected chi connectivity index (χ4v) is 2.12. The maximum atomic E-state index is 12.3. The molecule has 2 aromatic carbocycles. The molecule has 0 unspecified atom stereocenters. The summed E-state index contributed by atoms with van der Waals surface area (Å²) in [5.41, 5.74) is 1.43. The van der Waals surface area contributed by atoms with Crippen molar-refractivity contribution in [2.24, 2.45) is 0 Å². The minimum Gasteiger partial charge on any atom is -0.462 e. The number of hydrogen-bond acceptors (Lipinski definition) is 5. The van der Waals surface area contributed by atoms with E-state index in [1.165, 1.54) is 0 Å². The van der Waals surface area contributed by atoms with Crippen molar-refractivity contribution in [3.8, 4) is 5.75 Å². The molecule has 2 rings (SSSR count). The zero-order valence-corrected chi connectivity index (χ0v) is 14.6. The Balaban J connectivity index is 1.81. The molecule has 0 amide bonds. The van der Waals surface area contributed by atoms with E-state index in [-0.39, 0.29) is 18.8 Å². The Labute approximate surface area is 152 Å². The summed E-state index contributed by atoms with van der Waals surface area (Å²) in [7, 11) is 0. The second-order valence-electron chi connectivity index (χ2n) is 5.71. The quantitative estimate of drug-likeness (QED) is 0.238. The molecule has 0 aromatic heterocycles. The molecule has 0 heterocycles. The van der Waals surface area contributed by atoms with Crippen molar-refractivity contribution < 1.29 is 23.9 Å². The lowest BCUT2D eigenvalue weighted by molar-refractivity contribution is -0.141. The molecule has 134 valence electrons. The molecule has 0 aliphatic heterocycles. The molecule has 5 nitrogen and oxygen atoms in total. The first-order valence-corrected chi connectivity index (χ1v) is 8.20. The van der Waals surface area contributed by atoms with Crippen LogP contribution >= 0.6 is 0 Å². The second kappa shape index (κ2) is 9.32. The van der Waals surface area contributed by atoms with E-state index in [4.69, 9.17) is 9.47 Å². The van der Waals surface area contributed by atoms with E-state index in [2.05, 4.69) is 6.58 Å². The third-order valence-electron chi connectivity index (χ3n) is 3.49. The van der Waals surface area contributed by atoms with E-state index in [9.17, 15) is 14.4 Å². The maximum Gasteiger partial charge on any atom is 0.333 e. The Morgan fingerprint density at radius 3 is 2.15 bits per heavy atom. The van der Waals surface area contributed by atoms with E-state index in [0.717, 1.165) is 0 Å². The number of rotatable bonds is 8. The van der Waals surface area contributed by atoms with Crippen LogP contribution in [0.4, 0.5) is 0 Å². The van der Waals surface area contributed by atoms with Gasteiger partial charge in [0.1, 0.15) is 5.75 Å². The van der Waals surface area contributed by atoms with Crippen LogP contribution in [0.15, 0.2) is 66.7 Å². The second-order valence-corrected chi connectivity index (χ2v) is 5.71. The summed E-state index contributed by atoms with van der Waals surface area (Å²) in [4.78, 5) is 35.3. The van der Waals surface area contributed by atoms with Gasteiger partial charge in [-0.1, -0.05) is 36.9 Å². The third-order valence-corrected chi connectivity index (χ3v) is 3.49. The fraction of sp³-hybridized carbons (Fsp3) is 0.190. The highest BCUT2D eigenvalue weighted by molar-refractivity contribution is 6.09. The molecular weight excluding hydrogens is 332 g/mol. The summed E-state index contributed by atoms with van der Waals surface area (Å²) in [6.07, 6.45) is 0.483. The van der Waals surface area contributed by atoms with Crippen LogP contribution in [0.25, 0.3) is 0 Å². The minimum absolute atomic E-state index is 0.0946. The van der Waals surface area contributed by atoms with Crippen LogP contribution in [0.2, 0.25) is 0 Å². The average Bonchev–Trinajstić information content (AvgIpc) is 2.65. The van der Waals surface area contributed by atoms with E-state index >= 15 is 0 Å². The van der Waals surface area contributed by atoms with Crippen molar-refractivity contribution >= 4 is 17.7 Å². The lowest BCUT2D eigenvalue weighted by Crippen LogP contribution is -2.11. The summed E-state index contributed by atoms with van der Waals surface area (Å²) < 4.78 is 10.1. The summed E-state index contributed by atoms with van der Waals surface area (Å²) in [5.74, 6) is -0.642. The molecule has 0 fully saturated rings. The number of ketones is 1. The molecule has 0 radical (unpaired) electrons. The van der Waals surface area contributed by atoms with Crippen LogP contribution in [0.3, 0.4) is 0 Å². The molecular formula is C21H20O5. The average molecular weight is 352 g/mol. The van der Waals surface area contributed by atoms with Gasteiger partial charge in [-0.2, -0.15) is 0 Å². The van der Waals surface area contributed by atoms with E-state index in [1.807, 2.05) is 6.07 Å². The predicted octanol–water partition coefficient (Wildman–Crippen LogP) is 3.72. The molecule has 0 aliphatic rings. The first kappa shape index (κ1) is 19.1. The molecule has 0 saturated carbocycles.